The average molecular weight is 344 g/mol. The molecule has 134 valence electrons. The van der Waals surface area contributed by atoms with Crippen LogP contribution in [0.2, 0.25) is 0 Å². The largest absolute Gasteiger partial charge is 0.469 e. The number of anilines is 1. The monoisotopic (exact) mass is 344 g/mol. The van der Waals surface area contributed by atoms with Crippen LogP contribution in [0.5, 0.6) is 0 Å². The standard InChI is InChI=1S/C18H24N4O3/c1-14(11-16-3-2-8-25-16)21-18(23)20-13-15-4-5-17(19-12-15)22-6-9-24-10-7-22/h2-5,8,12,14H,6-7,9-11,13H2,1H3,(H2,20,21,23)/t14-/m1/s1. The van der Waals surface area contributed by atoms with Crippen molar-refractivity contribution in [2.45, 2.75) is 25.9 Å². The molecule has 25 heavy (non-hydrogen) atoms. The van der Waals surface area contributed by atoms with E-state index in [-0.39, 0.29) is 12.1 Å². The summed E-state index contributed by atoms with van der Waals surface area (Å²) in [5, 5.41) is 5.75. The molecule has 7 heteroatoms. The maximum Gasteiger partial charge on any atom is 0.315 e. The van der Waals surface area contributed by atoms with Crippen LogP contribution in [0.3, 0.4) is 0 Å². The quantitative estimate of drug-likeness (QED) is 0.837. The molecule has 1 aliphatic heterocycles. The number of aromatic nitrogens is 1. The van der Waals surface area contributed by atoms with Crippen molar-refractivity contribution in [3.05, 3.63) is 48.0 Å². The fourth-order valence-electron chi connectivity index (χ4n) is 2.74. The summed E-state index contributed by atoms with van der Waals surface area (Å²) >= 11 is 0. The molecule has 7 nitrogen and oxygen atoms in total. The normalized spacial score (nSPS) is 15.6. The number of carbonyl (C=O) groups is 1. The van der Waals surface area contributed by atoms with Crippen LogP contribution in [0.4, 0.5) is 10.6 Å². The number of hydrogen-bond donors (Lipinski definition) is 2. The van der Waals surface area contributed by atoms with E-state index in [1.54, 1.807) is 12.5 Å². The molecule has 2 N–H and O–H groups in total. The minimum atomic E-state index is -0.198. The Morgan fingerprint density at radius 2 is 2.16 bits per heavy atom. The predicted molar refractivity (Wildman–Crippen MR) is 94.5 cm³/mol. The fraction of sp³-hybridized carbons (Fsp3) is 0.444. The SMILES string of the molecule is C[C@H](Cc1ccco1)NC(=O)NCc1ccc(N2CCOCC2)nc1. The number of amides is 2. The summed E-state index contributed by atoms with van der Waals surface area (Å²) in [5.41, 5.74) is 0.964. The number of carbonyl (C=O) groups excluding carboxylic acids is 1. The third kappa shape index (κ3) is 5.22. The molecular weight excluding hydrogens is 320 g/mol. The molecule has 2 amide bonds. The topological polar surface area (TPSA) is 79.6 Å². The average Bonchev–Trinajstić information content (AvgIpc) is 3.14. The number of ether oxygens (including phenoxy) is 1. The molecule has 0 aliphatic carbocycles. The number of urea groups is 1. The number of hydrogen-bond acceptors (Lipinski definition) is 5. The molecule has 3 heterocycles. The van der Waals surface area contributed by atoms with E-state index >= 15 is 0 Å². The highest BCUT2D eigenvalue weighted by Gasteiger charge is 2.12. The first-order valence-corrected chi connectivity index (χ1v) is 8.55. The molecule has 2 aromatic heterocycles. The van der Waals surface area contributed by atoms with E-state index in [4.69, 9.17) is 9.15 Å². The van der Waals surface area contributed by atoms with E-state index in [2.05, 4.69) is 20.5 Å². The van der Waals surface area contributed by atoms with Gasteiger partial charge in [0.2, 0.25) is 0 Å². The number of nitrogens with zero attached hydrogens (tertiary/aromatic N) is 2. The van der Waals surface area contributed by atoms with Gasteiger partial charge in [0.25, 0.3) is 0 Å². The van der Waals surface area contributed by atoms with Crippen LogP contribution in [-0.4, -0.2) is 43.4 Å². The summed E-state index contributed by atoms with van der Waals surface area (Å²) in [4.78, 5) is 18.6. The van der Waals surface area contributed by atoms with Crippen molar-refractivity contribution in [1.29, 1.82) is 0 Å². The zero-order valence-electron chi connectivity index (χ0n) is 14.4. The highest BCUT2D eigenvalue weighted by molar-refractivity contribution is 5.74. The van der Waals surface area contributed by atoms with Crippen LogP contribution in [0, 0.1) is 0 Å². The van der Waals surface area contributed by atoms with Gasteiger partial charge in [-0.2, -0.15) is 0 Å². The van der Waals surface area contributed by atoms with Crippen molar-refractivity contribution in [2.75, 3.05) is 31.2 Å². The van der Waals surface area contributed by atoms with Crippen LogP contribution in [0.15, 0.2) is 41.1 Å². The summed E-state index contributed by atoms with van der Waals surface area (Å²) < 4.78 is 10.6. The van der Waals surface area contributed by atoms with E-state index in [9.17, 15) is 4.79 Å². The van der Waals surface area contributed by atoms with Crippen molar-refractivity contribution in [3.63, 3.8) is 0 Å². The summed E-state index contributed by atoms with van der Waals surface area (Å²) in [7, 11) is 0. The van der Waals surface area contributed by atoms with Gasteiger partial charge in [0.05, 0.1) is 19.5 Å². The zero-order chi connectivity index (χ0) is 17.5. The van der Waals surface area contributed by atoms with Gasteiger partial charge < -0.3 is 24.7 Å². The Hall–Kier alpha value is -2.54. The van der Waals surface area contributed by atoms with Crippen molar-refractivity contribution in [2.24, 2.45) is 0 Å². The van der Waals surface area contributed by atoms with Crippen molar-refractivity contribution in [3.8, 4) is 0 Å². The number of nitrogens with one attached hydrogen (secondary N) is 2. The number of pyridine rings is 1. The third-order valence-corrected chi connectivity index (χ3v) is 4.06. The van der Waals surface area contributed by atoms with Crippen molar-refractivity contribution in [1.82, 2.24) is 15.6 Å². The lowest BCUT2D eigenvalue weighted by Gasteiger charge is -2.27. The predicted octanol–water partition coefficient (Wildman–Crippen LogP) is 1.94. The first-order chi connectivity index (χ1) is 12.2. The van der Waals surface area contributed by atoms with Gasteiger partial charge in [-0.15, -0.1) is 0 Å². The molecule has 1 atom stereocenters. The van der Waals surface area contributed by atoms with E-state index in [0.29, 0.717) is 13.0 Å². The molecule has 0 bridgehead atoms. The Kier molecular flexibility index (Phi) is 5.90. The highest BCUT2D eigenvalue weighted by Crippen LogP contribution is 2.13. The van der Waals surface area contributed by atoms with E-state index < -0.39 is 0 Å². The maximum atomic E-state index is 12.0. The lowest BCUT2D eigenvalue weighted by molar-refractivity contribution is 0.122. The van der Waals surface area contributed by atoms with Gasteiger partial charge in [-0.25, -0.2) is 9.78 Å². The first-order valence-electron chi connectivity index (χ1n) is 8.55. The molecule has 0 unspecified atom stereocenters. The summed E-state index contributed by atoms with van der Waals surface area (Å²) in [6, 6.07) is 7.52. The van der Waals surface area contributed by atoms with Gasteiger partial charge in [-0.05, 0) is 30.7 Å². The summed E-state index contributed by atoms with van der Waals surface area (Å²) in [6.45, 7) is 5.58. The zero-order valence-corrected chi connectivity index (χ0v) is 14.4. The first kappa shape index (κ1) is 17.3. The second-order valence-corrected chi connectivity index (χ2v) is 6.14. The smallest absolute Gasteiger partial charge is 0.315 e. The van der Waals surface area contributed by atoms with E-state index in [1.165, 1.54) is 0 Å². The molecular formula is C18H24N4O3. The molecule has 0 aromatic carbocycles. The Labute approximate surface area is 147 Å². The minimum absolute atomic E-state index is 0.00651. The molecule has 1 aliphatic rings. The van der Waals surface area contributed by atoms with Gasteiger partial charge in [-0.1, -0.05) is 6.07 Å². The second kappa shape index (κ2) is 8.53. The number of morpholine rings is 1. The van der Waals surface area contributed by atoms with Gasteiger partial charge in [0.1, 0.15) is 11.6 Å². The minimum Gasteiger partial charge on any atom is -0.469 e. The lowest BCUT2D eigenvalue weighted by Crippen LogP contribution is -2.41. The van der Waals surface area contributed by atoms with Gasteiger partial charge in [-0.3, -0.25) is 0 Å². The molecule has 0 spiro atoms. The third-order valence-electron chi connectivity index (χ3n) is 4.06. The molecule has 0 saturated carbocycles. The van der Waals surface area contributed by atoms with Crippen LogP contribution >= 0.6 is 0 Å². The van der Waals surface area contributed by atoms with Gasteiger partial charge >= 0.3 is 6.03 Å². The Morgan fingerprint density at radius 1 is 1.32 bits per heavy atom. The molecule has 3 rings (SSSR count). The lowest BCUT2D eigenvalue weighted by atomic mass is 10.2. The van der Waals surface area contributed by atoms with Crippen LogP contribution in [-0.2, 0) is 17.7 Å². The molecule has 1 saturated heterocycles. The van der Waals surface area contributed by atoms with Crippen LogP contribution < -0.4 is 15.5 Å². The number of furan rings is 1. The van der Waals surface area contributed by atoms with Crippen LogP contribution in [0.1, 0.15) is 18.2 Å². The van der Waals surface area contributed by atoms with Gasteiger partial charge in [0.15, 0.2) is 0 Å². The Morgan fingerprint density at radius 3 is 2.84 bits per heavy atom. The number of rotatable bonds is 6. The molecule has 0 radical (unpaired) electrons. The van der Waals surface area contributed by atoms with E-state index in [1.807, 2.05) is 31.2 Å². The highest BCUT2D eigenvalue weighted by atomic mass is 16.5. The molecule has 2 aromatic rings. The Bertz CT molecular complexity index is 651. The summed E-state index contributed by atoms with van der Waals surface area (Å²) in [6.07, 6.45) is 4.10. The van der Waals surface area contributed by atoms with E-state index in [0.717, 1.165) is 43.4 Å². The molecule has 1 fully saturated rings. The van der Waals surface area contributed by atoms with Crippen molar-refractivity contribution < 1.29 is 13.9 Å². The van der Waals surface area contributed by atoms with Crippen molar-refractivity contribution >= 4 is 11.8 Å². The maximum absolute atomic E-state index is 12.0. The second-order valence-electron chi connectivity index (χ2n) is 6.14. The van der Waals surface area contributed by atoms with Gasteiger partial charge in [0, 0.05) is 38.3 Å². The fourth-order valence-corrected chi connectivity index (χ4v) is 2.74. The Balaban J connectivity index is 1.42. The summed E-state index contributed by atoms with van der Waals surface area (Å²) in [5.74, 6) is 1.80. The van der Waals surface area contributed by atoms with Crippen LogP contribution in [0.25, 0.3) is 0 Å².